The van der Waals surface area contributed by atoms with E-state index >= 15 is 0 Å². The van der Waals surface area contributed by atoms with E-state index in [2.05, 4.69) is 60.6 Å². The van der Waals surface area contributed by atoms with Crippen LogP contribution in [0.5, 0.6) is 17.2 Å². The Bertz CT molecular complexity index is 1590. The Morgan fingerprint density at radius 1 is 1.04 bits per heavy atom. The van der Waals surface area contributed by atoms with E-state index in [1.165, 1.54) is 12.4 Å². The number of carbonyl (C=O) groups excluding carboxylic acids is 1. The second kappa shape index (κ2) is 14.7. The monoisotopic (exact) mass is 662 g/mol. The molecule has 1 aromatic heterocycles. The van der Waals surface area contributed by atoms with Crippen molar-refractivity contribution < 1.29 is 23.7 Å². The highest BCUT2D eigenvalue weighted by Gasteiger charge is 2.34. The Morgan fingerprint density at radius 2 is 1.77 bits per heavy atom. The lowest BCUT2D eigenvalue weighted by molar-refractivity contribution is -0.111. The normalized spacial score (nSPS) is 16.8. The van der Waals surface area contributed by atoms with Crippen molar-refractivity contribution in [1.29, 1.82) is 0 Å². The summed E-state index contributed by atoms with van der Waals surface area (Å²) in [6, 6.07) is 8.22. The lowest BCUT2D eigenvalue weighted by Gasteiger charge is -2.47. The van der Waals surface area contributed by atoms with Gasteiger partial charge in [0.25, 0.3) is 0 Å². The van der Waals surface area contributed by atoms with Gasteiger partial charge in [0.2, 0.25) is 17.8 Å². The van der Waals surface area contributed by atoms with Crippen LogP contribution in [-0.2, 0) is 9.53 Å². The number of amides is 1. The largest absolute Gasteiger partial charge is 0.494 e. The SMILES string of the molecule is C=CC(=O)Nc1cc(Nc2ncnc(Nc3ccc4c(c3P(C)C)OCCO4)n2)c(OC)cc1N1CCC(N2CC(COC)C2)CC1. The predicted molar refractivity (Wildman–Crippen MR) is 186 cm³/mol. The molecule has 3 aliphatic heterocycles. The number of nitrogens with one attached hydrogen (secondary N) is 3. The average molecular weight is 663 g/mol. The Morgan fingerprint density at radius 3 is 2.45 bits per heavy atom. The number of piperidine rings is 1. The van der Waals surface area contributed by atoms with Crippen LogP contribution < -0.4 is 40.4 Å². The Labute approximate surface area is 276 Å². The molecule has 2 fully saturated rings. The molecule has 0 saturated carbocycles. The lowest BCUT2D eigenvalue weighted by Crippen LogP contribution is -2.56. The minimum Gasteiger partial charge on any atom is -0.494 e. The van der Waals surface area contributed by atoms with Crippen molar-refractivity contribution in [2.45, 2.75) is 18.9 Å². The van der Waals surface area contributed by atoms with Gasteiger partial charge in [-0.25, -0.2) is 9.97 Å². The summed E-state index contributed by atoms with van der Waals surface area (Å²) < 4.78 is 22.9. The maximum atomic E-state index is 12.5. The van der Waals surface area contributed by atoms with Gasteiger partial charge >= 0.3 is 0 Å². The highest BCUT2D eigenvalue weighted by atomic mass is 31.1. The fraction of sp³-hybridized carbons (Fsp3) is 0.455. The fourth-order valence-electron chi connectivity index (χ4n) is 6.41. The van der Waals surface area contributed by atoms with Gasteiger partial charge in [0.1, 0.15) is 25.3 Å². The van der Waals surface area contributed by atoms with Crippen molar-refractivity contribution >= 4 is 53.8 Å². The summed E-state index contributed by atoms with van der Waals surface area (Å²) in [6.45, 7) is 13.8. The molecule has 3 aliphatic rings. The van der Waals surface area contributed by atoms with Gasteiger partial charge in [-0.2, -0.15) is 4.98 Å². The maximum absolute atomic E-state index is 12.5. The summed E-state index contributed by atoms with van der Waals surface area (Å²) in [5.41, 5.74) is 2.99. The first kappa shape index (κ1) is 32.7. The number of anilines is 6. The molecule has 0 unspecified atom stereocenters. The summed E-state index contributed by atoms with van der Waals surface area (Å²) in [5.74, 6) is 3.12. The third-order valence-electron chi connectivity index (χ3n) is 8.67. The number of ether oxygens (including phenoxy) is 4. The van der Waals surface area contributed by atoms with Gasteiger partial charge in [0, 0.05) is 56.6 Å². The van der Waals surface area contributed by atoms with Gasteiger partial charge in [-0.3, -0.25) is 9.69 Å². The van der Waals surface area contributed by atoms with Gasteiger partial charge in [-0.1, -0.05) is 14.5 Å². The van der Waals surface area contributed by atoms with Crippen molar-refractivity contribution in [3.8, 4) is 17.2 Å². The molecule has 0 atom stereocenters. The molecule has 2 aromatic carbocycles. The third-order valence-corrected chi connectivity index (χ3v) is 10.0. The molecule has 0 radical (unpaired) electrons. The van der Waals surface area contributed by atoms with Crippen molar-refractivity contribution in [1.82, 2.24) is 19.9 Å². The molecule has 250 valence electrons. The number of methoxy groups -OCH3 is 2. The molecule has 0 aliphatic carbocycles. The molecular weight excluding hydrogens is 619 g/mol. The van der Waals surface area contributed by atoms with Gasteiger partial charge in [-0.15, -0.1) is 0 Å². The number of hydrogen-bond acceptors (Lipinski definition) is 12. The second-order valence-electron chi connectivity index (χ2n) is 12.0. The lowest BCUT2D eigenvalue weighted by atomic mass is 9.93. The molecule has 14 heteroatoms. The number of hydrogen-bond donors (Lipinski definition) is 3. The highest BCUT2D eigenvalue weighted by molar-refractivity contribution is 7.64. The van der Waals surface area contributed by atoms with E-state index in [-0.39, 0.29) is 5.91 Å². The van der Waals surface area contributed by atoms with Gasteiger partial charge < -0.3 is 39.8 Å². The number of aromatic nitrogens is 3. The molecule has 0 bridgehead atoms. The number of benzene rings is 2. The maximum Gasteiger partial charge on any atom is 0.247 e. The molecule has 0 spiro atoms. The van der Waals surface area contributed by atoms with E-state index < -0.39 is 7.92 Å². The topological polar surface area (TPSA) is 135 Å². The fourth-order valence-corrected chi connectivity index (χ4v) is 7.60. The summed E-state index contributed by atoms with van der Waals surface area (Å²) in [7, 11) is 2.86. The van der Waals surface area contributed by atoms with Crippen molar-refractivity contribution in [3.05, 3.63) is 43.2 Å². The summed E-state index contributed by atoms with van der Waals surface area (Å²) >= 11 is 0. The molecular formula is C33H43N8O5P. The smallest absolute Gasteiger partial charge is 0.247 e. The first-order valence-corrected chi connectivity index (χ1v) is 18.1. The predicted octanol–water partition coefficient (Wildman–Crippen LogP) is 4.18. The van der Waals surface area contributed by atoms with Crippen LogP contribution in [0.1, 0.15) is 12.8 Å². The van der Waals surface area contributed by atoms with Crippen LogP contribution in [-0.4, -0.2) is 105 Å². The van der Waals surface area contributed by atoms with E-state index in [1.54, 1.807) is 14.2 Å². The summed E-state index contributed by atoms with van der Waals surface area (Å²) in [5, 5.41) is 10.7. The molecule has 2 saturated heterocycles. The van der Waals surface area contributed by atoms with Crippen LogP contribution in [0.4, 0.5) is 34.6 Å². The summed E-state index contributed by atoms with van der Waals surface area (Å²) in [4.78, 5) is 30.7. The van der Waals surface area contributed by atoms with E-state index in [0.29, 0.717) is 54.2 Å². The average Bonchev–Trinajstić information content (AvgIpc) is 3.06. The molecule has 13 nitrogen and oxygen atoms in total. The zero-order valence-electron chi connectivity index (χ0n) is 27.4. The number of carbonyl (C=O) groups is 1. The molecule has 47 heavy (non-hydrogen) atoms. The van der Waals surface area contributed by atoms with Gasteiger partial charge in [0.05, 0.1) is 36.5 Å². The minimum absolute atomic E-state index is 0.296. The molecule has 3 N–H and O–H groups in total. The van der Waals surface area contributed by atoms with Crippen LogP contribution in [0.3, 0.4) is 0 Å². The number of rotatable bonds is 12. The first-order valence-electron chi connectivity index (χ1n) is 15.8. The molecule has 4 heterocycles. The molecule has 3 aromatic rings. The molecule has 1 amide bonds. The van der Waals surface area contributed by atoms with Crippen LogP contribution in [0.15, 0.2) is 43.2 Å². The Kier molecular flexibility index (Phi) is 10.2. The highest BCUT2D eigenvalue weighted by Crippen LogP contribution is 2.42. The number of fused-ring (bicyclic) bond motifs is 1. The van der Waals surface area contributed by atoms with Gasteiger partial charge in [0.15, 0.2) is 11.5 Å². The van der Waals surface area contributed by atoms with E-state index in [4.69, 9.17) is 18.9 Å². The van der Waals surface area contributed by atoms with Crippen molar-refractivity contribution in [2.75, 3.05) is 94.4 Å². The van der Waals surface area contributed by atoms with E-state index in [0.717, 1.165) is 73.8 Å². The zero-order chi connectivity index (χ0) is 32.9. The van der Waals surface area contributed by atoms with E-state index in [1.807, 2.05) is 24.3 Å². The number of nitrogens with zero attached hydrogens (tertiary/aromatic N) is 5. The van der Waals surface area contributed by atoms with Gasteiger partial charge in [-0.05, 0) is 50.4 Å². The standard InChI is InChI=1S/C33H43N8O5P/c1-6-29(42)36-24-15-25(28(44-3)16-26(24)40-11-9-22(10-12-40)41-17-21(18-41)19-43-2)38-33-35-20-34-32(39-33)37-23-7-8-27-30(31(23)47(4)5)46-14-13-45-27/h6-8,15-16,20-22H,1,9-14,17-19H2,2-5H3,(H,36,42)(H2,34,35,37,38,39). The van der Waals surface area contributed by atoms with Crippen LogP contribution >= 0.6 is 7.92 Å². The summed E-state index contributed by atoms with van der Waals surface area (Å²) in [6.07, 6.45) is 4.79. The minimum atomic E-state index is -0.534. The van der Waals surface area contributed by atoms with E-state index in [9.17, 15) is 4.79 Å². The van der Waals surface area contributed by atoms with Crippen LogP contribution in [0, 0.1) is 5.92 Å². The second-order valence-corrected chi connectivity index (χ2v) is 14.3. The van der Waals surface area contributed by atoms with Crippen LogP contribution in [0.2, 0.25) is 0 Å². The first-order chi connectivity index (χ1) is 22.9. The zero-order valence-corrected chi connectivity index (χ0v) is 28.3. The molecule has 6 rings (SSSR count). The third kappa shape index (κ3) is 7.37. The van der Waals surface area contributed by atoms with Crippen LogP contribution in [0.25, 0.3) is 0 Å². The van der Waals surface area contributed by atoms with Crippen molar-refractivity contribution in [2.24, 2.45) is 5.92 Å². The number of likely N-dealkylation sites (tertiary alicyclic amines) is 1. The van der Waals surface area contributed by atoms with Crippen molar-refractivity contribution in [3.63, 3.8) is 0 Å². The Balaban J connectivity index is 1.21. The Hall–Kier alpha value is -4.19. The quantitative estimate of drug-likeness (QED) is 0.190.